The highest BCUT2D eigenvalue weighted by Gasteiger charge is 2.28. The lowest BCUT2D eigenvalue weighted by molar-refractivity contribution is 0.100. The van der Waals surface area contributed by atoms with E-state index in [0.29, 0.717) is 0 Å². The van der Waals surface area contributed by atoms with Gasteiger partial charge in [-0.05, 0) is 52.7 Å². The van der Waals surface area contributed by atoms with Gasteiger partial charge in [0, 0.05) is 15.4 Å². The van der Waals surface area contributed by atoms with Crippen LogP contribution in [0.1, 0.15) is 37.2 Å². The van der Waals surface area contributed by atoms with Crippen LogP contribution in [0.2, 0.25) is 0 Å². The lowest BCUT2D eigenvalue weighted by Crippen LogP contribution is -2.41. The minimum Gasteiger partial charge on any atom is -0.386 e. The normalized spacial score (nSPS) is 27.9. The van der Waals surface area contributed by atoms with Gasteiger partial charge in [0.05, 0.1) is 0 Å². The van der Waals surface area contributed by atoms with E-state index >= 15 is 0 Å². The lowest BCUT2D eigenvalue weighted by Gasteiger charge is -2.32. The fourth-order valence-electron chi connectivity index (χ4n) is 2.34. The Morgan fingerprint density at radius 3 is 3.12 bits per heavy atom. The van der Waals surface area contributed by atoms with E-state index in [-0.39, 0.29) is 12.1 Å². The fraction of sp³-hybridized carbons (Fsp3) is 0.667. The molecule has 0 spiro atoms. The molecule has 2 rings (SSSR count). The van der Waals surface area contributed by atoms with E-state index in [1.165, 1.54) is 12.8 Å². The third-order valence-electron chi connectivity index (χ3n) is 3.42. The SMILES string of the molecule is CCC1CCNC(C(O)c2sccc2Br)C1. The van der Waals surface area contributed by atoms with Gasteiger partial charge < -0.3 is 10.4 Å². The molecule has 1 fully saturated rings. The Morgan fingerprint density at radius 1 is 1.69 bits per heavy atom. The van der Waals surface area contributed by atoms with Crippen molar-refractivity contribution in [3.63, 3.8) is 0 Å². The Kier molecular flexibility index (Phi) is 4.41. The molecule has 1 saturated heterocycles. The Bertz CT molecular complexity index is 342. The van der Waals surface area contributed by atoms with Gasteiger partial charge in [-0.2, -0.15) is 0 Å². The van der Waals surface area contributed by atoms with Crippen LogP contribution in [-0.2, 0) is 0 Å². The number of hydrogen-bond acceptors (Lipinski definition) is 3. The molecule has 1 aliphatic heterocycles. The van der Waals surface area contributed by atoms with Gasteiger partial charge in [0.1, 0.15) is 6.10 Å². The third kappa shape index (κ3) is 2.67. The molecule has 0 bridgehead atoms. The number of nitrogens with one attached hydrogen (secondary N) is 1. The molecule has 0 radical (unpaired) electrons. The molecule has 2 N–H and O–H groups in total. The number of rotatable bonds is 3. The molecule has 0 saturated carbocycles. The number of halogens is 1. The molecule has 2 nitrogen and oxygen atoms in total. The maximum Gasteiger partial charge on any atom is 0.105 e. The van der Waals surface area contributed by atoms with Crippen molar-refractivity contribution in [2.75, 3.05) is 6.54 Å². The minimum atomic E-state index is -0.372. The molecule has 0 amide bonds. The van der Waals surface area contributed by atoms with Crippen molar-refractivity contribution in [3.8, 4) is 0 Å². The van der Waals surface area contributed by atoms with E-state index in [0.717, 1.165) is 28.2 Å². The van der Waals surface area contributed by atoms with E-state index in [1.807, 2.05) is 11.4 Å². The predicted molar refractivity (Wildman–Crippen MR) is 71.8 cm³/mol. The van der Waals surface area contributed by atoms with Gasteiger partial charge in [-0.3, -0.25) is 0 Å². The third-order valence-corrected chi connectivity index (χ3v) is 5.36. The quantitative estimate of drug-likeness (QED) is 0.898. The first-order chi connectivity index (χ1) is 7.72. The van der Waals surface area contributed by atoms with Crippen molar-refractivity contribution in [1.82, 2.24) is 5.32 Å². The first-order valence-corrected chi connectivity index (χ1v) is 7.54. The Balaban J connectivity index is 2.04. The maximum atomic E-state index is 10.3. The van der Waals surface area contributed by atoms with E-state index < -0.39 is 0 Å². The van der Waals surface area contributed by atoms with Crippen molar-refractivity contribution < 1.29 is 5.11 Å². The van der Waals surface area contributed by atoms with E-state index in [2.05, 4.69) is 28.2 Å². The van der Waals surface area contributed by atoms with Gasteiger partial charge in [-0.1, -0.05) is 13.3 Å². The highest BCUT2D eigenvalue weighted by molar-refractivity contribution is 9.10. The molecular formula is C12H18BrNOS. The number of piperidine rings is 1. The highest BCUT2D eigenvalue weighted by Crippen LogP contribution is 2.34. The van der Waals surface area contributed by atoms with Gasteiger partial charge in [0.15, 0.2) is 0 Å². The molecule has 0 aliphatic carbocycles. The summed E-state index contributed by atoms with van der Waals surface area (Å²) in [6, 6.07) is 2.22. The van der Waals surface area contributed by atoms with Crippen LogP contribution in [0.4, 0.5) is 0 Å². The van der Waals surface area contributed by atoms with Crippen molar-refractivity contribution in [3.05, 3.63) is 20.8 Å². The first kappa shape index (κ1) is 12.6. The van der Waals surface area contributed by atoms with Crippen LogP contribution < -0.4 is 5.32 Å². The second-order valence-electron chi connectivity index (χ2n) is 4.44. The van der Waals surface area contributed by atoms with E-state index in [1.54, 1.807) is 11.3 Å². The molecule has 1 aromatic rings. The zero-order valence-corrected chi connectivity index (χ0v) is 11.9. The van der Waals surface area contributed by atoms with E-state index in [4.69, 9.17) is 0 Å². The highest BCUT2D eigenvalue weighted by atomic mass is 79.9. The summed E-state index contributed by atoms with van der Waals surface area (Å²) in [5, 5.41) is 15.8. The van der Waals surface area contributed by atoms with Gasteiger partial charge in [-0.15, -0.1) is 11.3 Å². The van der Waals surface area contributed by atoms with Crippen LogP contribution in [0.15, 0.2) is 15.9 Å². The van der Waals surface area contributed by atoms with Crippen molar-refractivity contribution in [1.29, 1.82) is 0 Å². The molecule has 16 heavy (non-hydrogen) atoms. The second-order valence-corrected chi connectivity index (χ2v) is 6.24. The summed E-state index contributed by atoms with van der Waals surface area (Å²) in [7, 11) is 0. The van der Waals surface area contributed by atoms with Gasteiger partial charge in [0.25, 0.3) is 0 Å². The molecule has 3 unspecified atom stereocenters. The molecule has 1 aromatic heterocycles. The largest absolute Gasteiger partial charge is 0.386 e. The van der Waals surface area contributed by atoms with Crippen LogP contribution >= 0.6 is 27.3 Å². The summed E-state index contributed by atoms with van der Waals surface area (Å²) in [4.78, 5) is 1.05. The molecule has 90 valence electrons. The molecule has 0 aromatic carbocycles. The summed E-state index contributed by atoms with van der Waals surface area (Å²) in [5.74, 6) is 0.764. The average molecular weight is 304 g/mol. The molecular weight excluding hydrogens is 286 g/mol. The second kappa shape index (κ2) is 5.63. The Labute approximate surface area is 109 Å². The van der Waals surface area contributed by atoms with Crippen LogP contribution in [-0.4, -0.2) is 17.7 Å². The zero-order valence-electron chi connectivity index (χ0n) is 9.45. The number of hydrogen-bond donors (Lipinski definition) is 2. The Morgan fingerprint density at radius 2 is 2.50 bits per heavy atom. The van der Waals surface area contributed by atoms with Gasteiger partial charge in [-0.25, -0.2) is 0 Å². The molecule has 4 heteroatoms. The first-order valence-electron chi connectivity index (χ1n) is 5.86. The number of thiophene rings is 1. The summed E-state index contributed by atoms with van der Waals surface area (Å²) in [6.45, 7) is 3.27. The van der Waals surface area contributed by atoms with Crippen LogP contribution in [0.3, 0.4) is 0 Å². The average Bonchev–Trinajstić information content (AvgIpc) is 2.74. The monoisotopic (exact) mass is 303 g/mol. The number of aliphatic hydroxyl groups is 1. The molecule has 2 heterocycles. The summed E-state index contributed by atoms with van der Waals surface area (Å²) in [5.41, 5.74) is 0. The Hall–Kier alpha value is 0.100. The van der Waals surface area contributed by atoms with Crippen molar-refractivity contribution >= 4 is 27.3 Å². The van der Waals surface area contributed by atoms with Crippen LogP contribution in [0.5, 0.6) is 0 Å². The van der Waals surface area contributed by atoms with Gasteiger partial charge in [0.2, 0.25) is 0 Å². The fourth-order valence-corrected chi connectivity index (χ4v) is 4.00. The smallest absolute Gasteiger partial charge is 0.105 e. The maximum absolute atomic E-state index is 10.3. The van der Waals surface area contributed by atoms with Crippen molar-refractivity contribution in [2.24, 2.45) is 5.92 Å². The topological polar surface area (TPSA) is 32.3 Å². The van der Waals surface area contributed by atoms with E-state index in [9.17, 15) is 5.11 Å². The van der Waals surface area contributed by atoms with Gasteiger partial charge >= 0.3 is 0 Å². The van der Waals surface area contributed by atoms with Crippen LogP contribution in [0, 0.1) is 5.92 Å². The number of aliphatic hydroxyl groups excluding tert-OH is 1. The zero-order chi connectivity index (χ0) is 11.5. The van der Waals surface area contributed by atoms with Crippen molar-refractivity contribution in [2.45, 2.75) is 38.3 Å². The summed E-state index contributed by atoms with van der Waals surface area (Å²) >= 11 is 5.11. The standard InChI is InChI=1S/C12H18BrNOS/c1-2-8-3-5-14-10(7-8)11(15)12-9(13)4-6-16-12/h4,6,8,10-11,14-15H,2-3,5,7H2,1H3. The van der Waals surface area contributed by atoms with Crippen LogP contribution in [0.25, 0.3) is 0 Å². The summed E-state index contributed by atoms with van der Waals surface area (Å²) < 4.78 is 1.03. The molecule has 1 aliphatic rings. The summed E-state index contributed by atoms with van der Waals surface area (Å²) in [6.07, 6.45) is 3.17. The lowest BCUT2D eigenvalue weighted by atomic mass is 9.88. The minimum absolute atomic E-state index is 0.216. The predicted octanol–water partition coefficient (Wildman–Crippen LogP) is 3.32. The molecule has 3 atom stereocenters.